The minimum atomic E-state index is -0.138. The van der Waals surface area contributed by atoms with E-state index < -0.39 is 0 Å². The molecule has 1 N–H and O–H groups in total. The van der Waals surface area contributed by atoms with Gasteiger partial charge in [0.05, 0.1) is 6.04 Å². The van der Waals surface area contributed by atoms with E-state index in [1.165, 1.54) is 22.0 Å². The average molecular weight is 374 g/mol. The summed E-state index contributed by atoms with van der Waals surface area (Å²) in [5, 5.41) is 1.27. The molecule has 0 radical (unpaired) electrons. The number of aromatic amines is 1. The number of likely N-dealkylation sites (N-methyl/N-ethyl adjacent to an activating group) is 1. The molecule has 0 fully saturated rings. The molecule has 2 heterocycles. The molecule has 144 valence electrons. The van der Waals surface area contributed by atoms with Crippen LogP contribution in [0.25, 0.3) is 16.5 Å². The van der Waals surface area contributed by atoms with Gasteiger partial charge in [-0.05, 0) is 44.0 Å². The van der Waals surface area contributed by atoms with Crippen molar-refractivity contribution < 1.29 is 4.79 Å². The van der Waals surface area contributed by atoms with Crippen LogP contribution in [0.1, 0.15) is 25.8 Å². The van der Waals surface area contributed by atoms with Crippen molar-refractivity contribution >= 4 is 28.1 Å². The standard InChI is InChI=1S/C24H27N3O/c1-3-27(20-9-5-4-6-10-20)24(28)18(2)26-15-13-19(14-16-26)22-17-25-23-12-8-7-11-21(22)23/h4-13,17-18,25H,3,14-16H2,1-2H3. The van der Waals surface area contributed by atoms with Gasteiger partial charge in [-0.15, -0.1) is 0 Å². The fourth-order valence-electron chi connectivity index (χ4n) is 4.07. The Bertz CT molecular complexity index is 989. The molecule has 0 aliphatic carbocycles. The first-order valence-electron chi connectivity index (χ1n) is 10.0. The lowest BCUT2D eigenvalue weighted by Gasteiger charge is -2.34. The molecule has 1 aromatic heterocycles. The van der Waals surface area contributed by atoms with Gasteiger partial charge in [0.15, 0.2) is 0 Å². The molecule has 0 bridgehead atoms. The zero-order chi connectivity index (χ0) is 19.5. The average Bonchev–Trinajstić information content (AvgIpc) is 3.19. The molecule has 0 saturated heterocycles. The molecule has 3 aromatic rings. The summed E-state index contributed by atoms with van der Waals surface area (Å²) in [5.41, 5.74) is 4.79. The number of para-hydroxylation sites is 2. The van der Waals surface area contributed by atoms with Crippen LogP contribution in [-0.2, 0) is 4.79 Å². The largest absolute Gasteiger partial charge is 0.361 e. The number of carbonyl (C=O) groups is 1. The molecule has 0 spiro atoms. The molecular weight excluding hydrogens is 346 g/mol. The van der Waals surface area contributed by atoms with Crippen LogP contribution in [0.3, 0.4) is 0 Å². The molecule has 28 heavy (non-hydrogen) atoms. The van der Waals surface area contributed by atoms with Crippen LogP contribution in [-0.4, -0.2) is 41.5 Å². The summed E-state index contributed by atoms with van der Waals surface area (Å²) in [5.74, 6) is 0.164. The van der Waals surface area contributed by atoms with Crippen molar-refractivity contribution in [3.05, 3.63) is 72.4 Å². The maximum absolute atomic E-state index is 13.1. The predicted molar refractivity (Wildman–Crippen MR) is 116 cm³/mol. The number of nitrogens with one attached hydrogen (secondary N) is 1. The number of hydrogen-bond acceptors (Lipinski definition) is 2. The molecule has 4 nitrogen and oxygen atoms in total. The Hall–Kier alpha value is -2.85. The number of rotatable bonds is 5. The van der Waals surface area contributed by atoms with Gasteiger partial charge in [0.25, 0.3) is 0 Å². The van der Waals surface area contributed by atoms with Crippen molar-refractivity contribution in [1.82, 2.24) is 9.88 Å². The number of anilines is 1. The van der Waals surface area contributed by atoms with E-state index in [0.29, 0.717) is 6.54 Å². The third kappa shape index (κ3) is 3.48. The maximum atomic E-state index is 13.1. The van der Waals surface area contributed by atoms with Gasteiger partial charge < -0.3 is 9.88 Å². The third-order valence-corrected chi connectivity index (χ3v) is 5.73. The van der Waals surface area contributed by atoms with E-state index in [1.54, 1.807) is 0 Å². The number of benzene rings is 2. The van der Waals surface area contributed by atoms with E-state index >= 15 is 0 Å². The SMILES string of the molecule is CCN(C(=O)C(C)N1CC=C(c2c[nH]c3ccccc23)CC1)c1ccccc1. The Morgan fingerprint density at radius 3 is 2.61 bits per heavy atom. The summed E-state index contributed by atoms with van der Waals surface area (Å²) < 4.78 is 0. The Kier molecular flexibility index (Phi) is 5.31. The van der Waals surface area contributed by atoms with Crippen LogP contribution in [0, 0.1) is 0 Å². The molecule has 4 heteroatoms. The first-order chi connectivity index (χ1) is 13.7. The molecular formula is C24H27N3O. The maximum Gasteiger partial charge on any atom is 0.244 e. The Morgan fingerprint density at radius 2 is 1.89 bits per heavy atom. The molecule has 1 aliphatic rings. The number of aromatic nitrogens is 1. The monoisotopic (exact) mass is 373 g/mol. The second-order valence-electron chi connectivity index (χ2n) is 7.32. The van der Waals surface area contributed by atoms with E-state index in [9.17, 15) is 4.79 Å². The fourth-order valence-corrected chi connectivity index (χ4v) is 4.07. The van der Waals surface area contributed by atoms with Crippen LogP contribution in [0.4, 0.5) is 5.69 Å². The quantitative estimate of drug-likeness (QED) is 0.704. The molecule has 4 rings (SSSR count). The minimum Gasteiger partial charge on any atom is -0.361 e. The highest BCUT2D eigenvalue weighted by Gasteiger charge is 2.27. The molecule has 0 saturated carbocycles. The van der Waals surface area contributed by atoms with Gasteiger partial charge in [0, 0.05) is 48.0 Å². The summed E-state index contributed by atoms with van der Waals surface area (Å²) in [7, 11) is 0. The van der Waals surface area contributed by atoms with E-state index in [2.05, 4.69) is 46.4 Å². The summed E-state index contributed by atoms with van der Waals surface area (Å²) in [6.45, 7) is 6.43. The first kappa shape index (κ1) is 18.5. The summed E-state index contributed by atoms with van der Waals surface area (Å²) in [4.78, 5) is 20.6. The number of amides is 1. The second kappa shape index (κ2) is 8.03. The van der Waals surface area contributed by atoms with Gasteiger partial charge in [-0.25, -0.2) is 0 Å². The third-order valence-electron chi connectivity index (χ3n) is 5.73. The van der Waals surface area contributed by atoms with Crippen LogP contribution < -0.4 is 4.90 Å². The second-order valence-corrected chi connectivity index (χ2v) is 7.32. The molecule has 2 aromatic carbocycles. The molecule has 1 unspecified atom stereocenters. The summed E-state index contributed by atoms with van der Waals surface area (Å²) in [6, 6.07) is 18.2. The van der Waals surface area contributed by atoms with Crippen molar-refractivity contribution in [3.8, 4) is 0 Å². The van der Waals surface area contributed by atoms with Gasteiger partial charge in [0.1, 0.15) is 0 Å². The summed E-state index contributed by atoms with van der Waals surface area (Å²) >= 11 is 0. The number of hydrogen-bond donors (Lipinski definition) is 1. The number of nitrogens with zero attached hydrogens (tertiary/aromatic N) is 2. The van der Waals surface area contributed by atoms with E-state index in [-0.39, 0.29) is 11.9 Å². The zero-order valence-corrected chi connectivity index (χ0v) is 16.6. The van der Waals surface area contributed by atoms with Crippen molar-refractivity contribution in [1.29, 1.82) is 0 Å². The van der Waals surface area contributed by atoms with E-state index in [1.807, 2.05) is 49.1 Å². The van der Waals surface area contributed by atoms with Gasteiger partial charge in [0.2, 0.25) is 5.91 Å². The topological polar surface area (TPSA) is 39.3 Å². The van der Waals surface area contributed by atoms with Gasteiger partial charge in [-0.1, -0.05) is 42.5 Å². The highest BCUT2D eigenvalue weighted by Crippen LogP contribution is 2.30. The minimum absolute atomic E-state index is 0.138. The van der Waals surface area contributed by atoms with Gasteiger partial charge >= 0.3 is 0 Å². The van der Waals surface area contributed by atoms with Crippen molar-refractivity contribution in [2.24, 2.45) is 0 Å². The number of H-pyrrole nitrogens is 1. The van der Waals surface area contributed by atoms with E-state index in [0.717, 1.165) is 25.2 Å². The fraction of sp³-hybridized carbons (Fsp3) is 0.292. The normalized spacial score (nSPS) is 16.0. The molecule has 1 aliphatic heterocycles. The number of fused-ring (bicyclic) bond motifs is 1. The van der Waals surface area contributed by atoms with Gasteiger partial charge in [-0.2, -0.15) is 0 Å². The molecule has 1 atom stereocenters. The smallest absolute Gasteiger partial charge is 0.244 e. The predicted octanol–water partition coefficient (Wildman–Crippen LogP) is 4.70. The lowest BCUT2D eigenvalue weighted by atomic mass is 9.98. The van der Waals surface area contributed by atoms with Crippen LogP contribution >= 0.6 is 0 Å². The Balaban J connectivity index is 1.48. The lowest BCUT2D eigenvalue weighted by Crippen LogP contribution is -2.48. The lowest BCUT2D eigenvalue weighted by molar-refractivity contribution is -0.123. The Morgan fingerprint density at radius 1 is 1.14 bits per heavy atom. The Labute approximate surface area is 166 Å². The summed E-state index contributed by atoms with van der Waals surface area (Å²) in [6.07, 6.45) is 5.34. The van der Waals surface area contributed by atoms with Crippen LogP contribution in [0.15, 0.2) is 66.9 Å². The van der Waals surface area contributed by atoms with Crippen LogP contribution in [0.5, 0.6) is 0 Å². The van der Waals surface area contributed by atoms with Gasteiger partial charge in [-0.3, -0.25) is 9.69 Å². The van der Waals surface area contributed by atoms with Crippen molar-refractivity contribution in [2.75, 3.05) is 24.5 Å². The number of carbonyl (C=O) groups excluding carboxylic acids is 1. The zero-order valence-electron chi connectivity index (χ0n) is 16.6. The van der Waals surface area contributed by atoms with Crippen molar-refractivity contribution in [2.45, 2.75) is 26.3 Å². The van der Waals surface area contributed by atoms with Crippen LogP contribution in [0.2, 0.25) is 0 Å². The first-order valence-corrected chi connectivity index (χ1v) is 10.0. The highest BCUT2D eigenvalue weighted by molar-refractivity contribution is 5.97. The molecule has 1 amide bonds. The van der Waals surface area contributed by atoms with Crippen molar-refractivity contribution in [3.63, 3.8) is 0 Å². The van der Waals surface area contributed by atoms with E-state index in [4.69, 9.17) is 0 Å². The highest BCUT2D eigenvalue weighted by atomic mass is 16.2.